The molecular formula is C13H19N3O. The Balaban J connectivity index is 2.27. The minimum Gasteiger partial charge on any atom is -0.399 e. The first kappa shape index (κ1) is 11.8. The third-order valence-electron chi connectivity index (χ3n) is 3.06. The van der Waals surface area contributed by atoms with Crippen LogP contribution < -0.4 is 16.4 Å². The SMILES string of the molecule is CCNC(=O)c1ccc(N)cc1NC1(C)CC1. The van der Waals surface area contributed by atoms with Crippen LogP contribution in [-0.2, 0) is 0 Å². The van der Waals surface area contributed by atoms with Gasteiger partial charge >= 0.3 is 0 Å². The van der Waals surface area contributed by atoms with Gasteiger partial charge < -0.3 is 16.4 Å². The normalized spacial score (nSPS) is 16.4. The number of carbonyl (C=O) groups excluding carboxylic acids is 1. The average molecular weight is 233 g/mol. The molecule has 1 amide bonds. The second-order valence-electron chi connectivity index (χ2n) is 4.85. The molecule has 1 fully saturated rings. The molecule has 17 heavy (non-hydrogen) atoms. The van der Waals surface area contributed by atoms with Crippen LogP contribution in [0.25, 0.3) is 0 Å². The third kappa shape index (κ3) is 2.70. The first-order valence-corrected chi connectivity index (χ1v) is 6.00. The minimum atomic E-state index is -0.0562. The molecule has 0 heterocycles. The van der Waals surface area contributed by atoms with Gasteiger partial charge in [-0.15, -0.1) is 0 Å². The lowest BCUT2D eigenvalue weighted by molar-refractivity contribution is 0.0956. The highest BCUT2D eigenvalue weighted by atomic mass is 16.1. The molecule has 4 nitrogen and oxygen atoms in total. The molecule has 0 unspecified atom stereocenters. The number of hydrogen-bond donors (Lipinski definition) is 3. The van der Waals surface area contributed by atoms with Gasteiger partial charge in [0.1, 0.15) is 0 Å². The van der Waals surface area contributed by atoms with E-state index in [1.807, 2.05) is 13.0 Å². The molecule has 0 aromatic heterocycles. The van der Waals surface area contributed by atoms with E-state index in [-0.39, 0.29) is 11.4 Å². The Labute approximate surface area is 102 Å². The number of nitrogen functional groups attached to an aromatic ring is 1. The van der Waals surface area contributed by atoms with Gasteiger partial charge in [0.05, 0.1) is 5.56 Å². The quantitative estimate of drug-likeness (QED) is 0.697. The standard InChI is InChI=1S/C13H19N3O/c1-3-15-12(17)10-5-4-9(14)8-11(10)16-13(2)6-7-13/h4-5,8,16H,3,6-7,14H2,1-2H3,(H,15,17). The number of benzene rings is 1. The second kappa shape index (κ2) is 4.28. The van der Waals surface area contributed by atoms with Crippen molar-refractivity contribution < 1.29 is 4.79 Å². The van der Waals surface area contributed by atoms with Crippen LogP contribution in [0.3, 0.4) is 0 Å². The summed E-state index contributed by atoms with van der Waals surface area (Å²) in [7, 11) is 0. The van der Waals surface area contributed by atoms with E-state index in [1.54, 1.807) is 12.1 Å². The van der Waals surface area contributed by atoms with Gasteiger partial charge in [-0.3, -0.25) is 4.79 Å². The summed E-state index contributed by atoms with van der Waals surface area (Å²) in [6, 6.07) is 5.35. The van der Waals surface area contributed by atoms with Crippen molar-refractivity contribution in [2.45, 2.75) is 32.2 Å². The highest BCUT2D eigenvalue weighted by Gasteiger charge is 2.37. The van der Waals surface area contributed by atoms with Gasteiger partial charge in [-0.1, -0.05) is 0 Å². The zero-order valence-corrected chi connectivity index (χ0v) is 10.3. The van der Waals surface area contributed by atoms with Gasteiger partial charge in [-0.2, -0.15) is 0 Å². The Morgan fingerprint density at radius 2 is 2.18 bits per heavy atom. The molecule has 1 aliphatic carbocycles. The number of carbonyl (C=O) groups is 1. The van der Waals surface area contributed by atoms with E-state index < -0.39 is 0 Å². The fourth-order valence-electron chi connectivity index (χ4n) is 1.76. The summed E-state index contributed by atoms with van der Waals surface area (Å²) in [6.45, 7) is 4.68. The molecule has 0 atom stereocenters. The van der Waals surface area contributed by atoms with E-state index in [9.17, 15) is 4.79 Å². The van der Waals surface area contributed by atoms with Gasteiger partial charge in [-0.25, -0.2) is 0 Å². The summed E-state index contributed by atoms with van der Waals surface area (Å²) in [5.41, 5.74) is 8.07. The summed E-state index contributed by atoms with van der Waals surface area (Å²) in [4.78, 5) is 11.9. The maximum absolute atomic E-state index is 11.9. The first-order chi connectivity index (χ1) is 8.04. The minimum absolute atomic E-state index is 0.0562. The molecule has 1 saturated carbocycles. The second-order valence-corrected chi connectivity index (χ2v) is 4.85. The first-order valence-electron chi connectivity index (χ1n) is 6.00. The van der Waals surface area contributed by atoms with Crippen LogP contribution >= 0.6 is 0 Å². The Kier molecular flexibility index (Phi) is 2.96. The zero-order valence-electron chi connectivity index (χ0n) is 10.3. The molecule has 92 valence electrons. The number of hydrogen-bond acceptors (Lipinski definition) is 3. The summed E-state index contributed by atoms with van der Waals surface area (Å²) in [5.74, 6) is -0.0562. The van der Waals surface area contributed by atoms with E-state index in [0.717, 1.165) is 18.5 Å². The Bertz CT molecular complexity index is 438. The van der Waals surface area contributed by atoms with Gasteiger partial charge in [0.25, 0.3) is 5.91 Å². The summed E-state index contributed by atoms with van der Waals surface area (Å²) >= 11 is 0. The van der Waals surface area contributed by atoms with Crippen molar-refractivity contribution in [1.82, 2.24) is 5.32 Å². The Morgan fingerprint density at radius 1 is 1.47 bits per heavy atom. The predicted octanol–water partition coefficient (Wildman–Crippen LogP) is 1.98. The van der Waals surface area contributed by atoms with E-state index in [4.69, 9.17) is 5.73 Å². The van der Waals surface area contributed by atoms with E-state index in [2.05, 4.69) is 17.6 Å². The Morgan fingerprint density at radius 3 is 2.76 bits per heavy atom. The van der Waals surface area contributed by atoms with Crippen LogP contribution in [0.2, 0.25) is 0 Å². The predicted molar refractivity (Wildman–Crippen MR) is 70.1 cm³/mol. The third-order valence-corrected chi connectivity index (χ3v) is 3.06. The van der Waals surface area contributed by atoms with Crippen molar-refractivity contribution in [3.05, 3.63) is 23.8 Å². The van der Waals surface area contributed by atoms with Crippen LogP contribution in [-0.4, -0.2) is 18.0 Å². The van der Waals surface area contributed by atoms with E-state index in [1.165, 1.54) is 0 Å². The van der Waals surface area contributed by atoms with Gasteiger partial charge in [0.15, 0.2) is 0 Å². The van der Waals surface area contributed by atoms with Crippen LogP contribution in [0.1, 0.15) is 37.0 Å². The molecule has 0 bridgehead atoms. The van der Waals surface area contributed by atoms with Crippen LogP contribution in [0.4, 0.5) is 11.4 Å². The molecule has 4 N–H and O–H groups in total. The maximum atomic E-state index is 11.9. The summed E-state index contributed by atoms with van der Waals surface area (Å²) < 4.78 is 0. The number of anilines is 2. The molecule has 0 spiro atoms. The van der Waals surface area contributed by atoms with Crippen molar-refractivity contribution in [3.8, 4) is 0 Å². The van der Waals surface area contributed by atoms with Crippen LogP contribution in [0.15, 0.2) is 18.2 Å². The maximum Gasteiger partial charge on any atom is 0.253 e. The Hall–Kier alpha value is -1.71. The molecular weight excluding hydrogens is 214 g/mol. The van der Waals surface area contributed by atoms with Gasteiger partial charge in [-0.05, 0) is 44.9 Å². The number of rotatable bonds is 4. The lowest BCUT2D eigenvalue weighted by Gasteiger charge is -2.17. The van der Waals surface area contributed by atoms with Crippen molar-refractivity contribution in [1.29, 1.82) is 0 Å². The highest BCUT2D eigenvalue weighted by molar-refractivity contribution is 6.00. The molecule has 4 heteroatoms. The van der Waals surface area contributed by atoms with Crippen molar-refractivity contribution in [3.63, 3.8) is 0 Å². The summed E-state index contributed by atoms with van der Waals surface area (Å²) in [6.07, 6.45) is 2.27. The molecule has 0 radical (unpaired) electrons. The molecule has 1 aromatic rings. The lowest BCUT2D eigenvalue weighted by Crippen LogP contribution is -2.25. The average Bonchev–Trinajstić information content (AvgIpc) is 2.96. The number of amides is 1. The smallest absolute Gasteiger partial charge is 0.253 e. The van der Waals surface area contributed by atoms with E-state index in [0.29, 0.717) is 17.8 Å². The number of nitrogens with two attached hydrogens (primary N) is 1. The van der Waals surface area contributed by atoms with Crippen molar-refractivity contribution in [2.24, 2.45) is 0 Å². The monoisotopic (exact) mass is 233 g/mol. The van der Waals surface area contributed by atoms with Crippen LogP contribution in [0.5, 0.6) is 0 Å². The summed E-state index contributed by atoms with van der Waals surface area (Å²) in [5, 5.41) is 6.21. The molecule has 0 saturated heterocycles. The molecule has 2 rings (SSSR count). The largest absolute Gasteiger partial charge is 0.399 e. The van der Waals surface area contributed by atoms with Crippen LogP contribution in [0, 0.1) is 0 Å². The van der Waals surface area contributed by atoms with E-state index >= 15 is 0 Å². The number of nitrogens with one attached hydrogen (secondary N) is 2. The van der Waals surface area contributed by atoms with Gasteiger partial charge in [0, 0.05) is 23.5 Å². The van der Waals surface area contributed by atoms with Crippen molar-refractivity contribution >= 4 is 17.3 Å². The van der Waals surface area contributed by atoms with Crippen molar-refractivity contribution in [2.75, 3.05) is 17.6 Å². The van der Waals surface area contributed by atoms with Gasteiger partial charge in [0.2, 0.25) is 0 Å². The fraction of sp³-hybridized carbons (Fsp3) is 0.462. The molecule has 1 aliphatic rings. The molecule has 0 aliphatic heterocycles. The fourth-order valence-corrected chi connectivity index (χ4v) is 1.76. The lowest BCUT2D eigenvalue weighted by atomic mass is 10.1. The molecule has 1 aromatic carbocycles. The highest BCUT2D eigenvalue weighted by Crippen LogP contribution is 2.39. The zero-order chi connectivity index (χ0) is 12.5. The topological polar surface area (TPSA) is 67.2 Å².